The first kappa shape index (κ1) is 16.7. The minimum atomic E-state index is -0.493. The summed E-state index contributed by atoms with van der Waals surface area (Å²) in [4.78, 5) is 29.4. The molecule has 1 heterocycles. The maximum atomic E-state index is 11.8. The number of ether oxygens (including phenoxy) is 1. The highest BCUT2D eigenvalue weighted by Gasteiger charge is 2.16. The Balaban J connectivity index is 2.97. The van der Waals surface area contributed by atoms with Gasteiger partial charge in [0.05, 0.1) is 30.6 Å². The Morgan fingerprint density at radius 2 is 2.10 bits per heavy atom. The Hall–Kier alpha value is -2.31. The molecule has 1 aromatic rings. The third-order valence-corrected chi connectivity index (χ3v) is 2.83. The van der Waals surface area contributed by atoms with Crippen molar-refractivity contribution in [1.29, 1.82) is 0 Å². The maximum absolute atomic E-state index is 11.8. The first-order chi connectivity index (χ1) is 10.0. The molecule has 0 aliphatic heterocycles. The molecule has 0 aromatic carbocycles. The molecule has 1 aromatic heterocycles. The summed E-state index contributed by atoms with van der Waals surface area (Å²) in [6.07, 6.45) is 1.40. The SMILES string of the molecule is CCNC(=O)CN(CC)c1cc(C(=O)OCC)c(N)cn1. The summed E-state index contributed by atoms with van der Waals surface area (Å²) >= 11 is 0. The molecule has 7 heteroatoms. The standard InChI is InChI=1S/C14H22N4O3/c1-4-16-13(19)9-18(5-2)12-7-10(11(15)8-17-12)14(20)21-6-3/h7-8H,4-6,9,15H2,1-3H3,(H,16,19). The smallest absolute Gasteiger partial charge is 0.340 e. The minimum Gasteiger partial charge on any atom is -0.462 e. The van der Waals surface area contributed by atoms with Gasteiger partial charge in [-0.05, 0) is 26.8 Å². The van der Waals surface area contributed by atoms with Crippen molar-refractivity contribution in [1.82, 2.24) is 10.3 Å². The number of likely N-dealkylation sites (N-methyl/N-ethyl adjacent to an activating group) is 2. The van der Waals surface area contributed by atoms with Gasteiger partial charge in [0.2, 0.25) is 5.91 Å². The van der Waals surface area contributed by atoms with Crippen LogP contribution in [0.15, 0.2) is 12.3 Å². The lowest BCUT2D eigenvalue weighted by atomic mass is 10.2. The van der Waals surface area contributed by atoms with E-state index in [1.54, 1.807) is 17.9 Å². The Bertz CT molecular complexity index is 505. The number of carbonyl (C=O) groups excluding carboxylic acids is 2. The largest absolute Gasteiger partial charge is 0.462 e. The number of hydrogen-bond donors (Lipinski definition) is 2. The fourth-order valence-corrected chi connectivity index (χ4v) is 1.79. The molecule has 0 radical (unpaired) electrons. The van der Waals surface area contributed by atoms with Crippen LogP contribution in [0.4, 0.5) is 11.5 Å². The van der Waals surface area contributed by atoms with E-state index in [0.717, 1.165) is 0 Å². The van der Waals surface area contributed by atoms with E-state index in [9.17, 15) is 9.59 Å². The van der Waals surface area contributed by atoms with E-state index < -0.39 is 5.97 Å². The van der Waals surface area contributed by atoms with E-state index in [1.165, 1.54) is 6.20 Å². The predicted molar refractivity (Wildman–Crippen MR) is 81.2 cm³/mol. The number of nitrogens with two attached hydrogens (primary N) is 1. The van der Waals surface area contributed by atoms with Crippen LogP contribution in [0.5, 0.6) is 0 Å². The number of pyridine rings is 1. The quantitative estimate of drug-likeness (QED) is 0.722. The molecule has 0 fully saturated rings. The Labute approximate surface area is 124 Å². The first-order valence-electron chi connectivity index (χ1n) is 6.97. The van der Waals surface area contributed by atoms with E-state index in [4.69, 9.17) is 10.5 Å². The van der Waals surface area contributed by atoms with Crippen LogP contribution in [0.3, 0.4) is 0 Å². The van der Waals surface area contributed by atoms with Gasteiger partial charge in [-0.15, -0.1) is 0 Å². The lowest BCUT2D eigenvalue weighted by Gasteiger charge is -2.22. The van der Waals surface area contributed by atoms with Gasteiger partial charge in [-0.25, -0.2) is 9.78 Å². The first-order valence-corrected chi connectivity index (χ1v) is 6.97. The molecule has 0 aliphatic rings. The highest BCUT2D eigenvalue weighted by Crippen LogP contribution is 2.19. The molecule has 0 bridgehead atoms. The van der Waals surface area contributed by atoms with Gasteiger partial charge in [-0.2, -0.15) is 0 Å². The zero-order valence-electron chi connectivity index (χ0n) is 12.7. The van der Waals surface area contributed by atoms with Crippen molar-refractivity contribution in [3.63, 3.8) is 0 Å². The van der Waals surface area contributed by atoms with Crippen molar-refractivity contribution in [3.8, 4) is 0 Å². The van der Waals surface area contributed by atoms with Gasteiger partial charge < -0.3 is 20.7 Å². The monoisotopic (exact) mass is 294 g/mol. The lowest BCUT2D eigenvalue weighted by Crippen LogP contribution is -2.37. The molecule has 116 valence electrons. The average molecular weight is 294 g/mol. The zero-order valence-corrected chi connectivity index (χ0v) is 12.7. The van der Waals surface area contributed by atoms with Crippen molar-refractivity contribution in [2.75, 3.05) is 36.9 Å². The summed E-state index contributed by atoms with van der Waals surface area (Å²) in [5, 5.41) is 2.72. The molecule has 0 spiro atoms. The van der Waals surface area contributed by atoms with Crippen LogP contribution in [0.1, 0.15) is 31.1 Å². The summed E-state index contributed by atoms with van der Waals surface area (Å²) in [6.45, 7) is 7.07. The second-order valence-electron chi connectivity index (χ2n) is 4.32. The van der Waals surface area contributed by atoms with Gasteiger partial charge in [0.1, 0.15) is 5.82 Å². The van der Waals surface area contributed by atoms with Crippen molar-refractivity contribution in [3.05, 3.63) is 17.8 Å². The van der Waals surface area contributed by atoms with Gasteiger partial charge >= 0.3 is 5.97 Å². The van der Waals surface area contributed by atoms with E-state index >= 15 is 0 Å². The van der Waals surface area contributed by atoms with Crippen LogP contribution in [0, 0.1) is 0 Å². The van der Waals surface area contributed by atoms with Crippen LogP contribution >= 0.6 is 0 Å². The van der Waals surface area contributed by atoms with Gasteiger partial charge in [0, 0.05) is 13.1 Å². The molecule has 0 unspecified atom stereocenters. The number of rotatable bonds is 7. The number of carbonyl (C=O) groups is 2. The van der Waals surface area contributed by atoms with Gasteiger partial charge in [-0.3, -0.25) is 4.79 Å². The molecule has 0 aliphatic carbocycles. The molecule has 1 amide bonds. The van der Waals surface area contributed by atoms with E-state index in [0.29, 0.717) is 18.9 Å². The van der Waals surface area contributed by atoms with Crippen LogP contribution < -0.4 is 16.0 Å². The number of esters is 1. The highest BCUT2D eigenvalue weighted by atomic mass is 16.5. The molecule has 21 heavy (non-hydrogen) atoms. The summed E-state index contributed by atoms with van der Waals surface area (Å²) < 4.78 is 4.95. The van der Waals surface area contributed by atoms with Crippen molar-refractivity contribution >= 4 is 23.4 Å². The molecule has 1 rings (SSSR count). The van der Waals surface area contributed by atoms with Crippen LogP contribution in [0.25, 0.3) is 0 Å². The minimum absolute atomic E-state index is 0.101. The number of nitrogens with one attached hydrogen (secondary N) is 1. The van der Waals surface area contributed by atoms with E-state index in [-0.39, 0.29) is 30.3 Å². The van der Waals surface area contributed by atoms with Crippen molar-refractivity contribution in [2.24, 2.45) is 0 Å². The van der Waals surface area contributed by atoms with Crippen LogP contribution in [-0.4, -0.2) is 43.1 Å². The fourth-order valence-electron chi connectivity index (χ4n) is 1.79. The average Bonchev–Trinajstić information content (AvgIpc) is 2.46. The maximum Gasteiger partial charge on any atom is 0.340 e. The third-order valence-electron chi connectivity index (χ3n) is 2.83. The second kappa shape index (κ2) is 8.08. The van der Waals surface area contributed by atoms with E-state index in [2.05, 4.69) is 10.3 Å². The molecular formula is C14H22N4O3. The number of nitrogen functional groups attached to an aromatic ring is 1. The Kier molecular flexibility index (Phi) is 6.45. The summed E-state index contributed by atoms with van der Waals surface area (Å²) in [5.41, 5.74) is 6.27. The normalized spacial score (nSPS) is 10.0. The number of anilines is 2. The summed E-state index contributed by atoms with van der Waals surface area (Å²) in [6, 6.07) is 1.55. The van der Waals surface area contributed by atoms with Crippen molar-refractivity contribution < 1.29 is 14.3 Å². The van der Waals surface area contributed by atoms with Crippen molar-refractivity contribution in [2.45, 2.75) is 20.8 Å². The molecular weight excluding hydrogens is 272 g/mol. The molecule has 0 atom stereocenters. The van der Waals surface area contributed by atoms with Crippen LogP contribution in [0.2, 0.25) is 0 Å². The summed E-state index contributed by atoms with van der Waals surface area (Å²) in [5.74, 6) is -0.0793. The predicted octanol–water partition coefficient (Wildman–Crippen LogP) is 0.803. The lowest BCUT2D eigenvalue weighted by molar-refractivity contribution is -0.119. The van der Waals surface area contributed by atoms with Gasteiger partial charge in [0.25, 0.3) is 0 Å². The molecule has 0 saturated heterocycles. The topological polar surface area (TPSA) is 97.5 Å². The highest BCUT2D eigenvalue weighted by molar-refractivity contribution is 5.95. The van der Waals surface area contributed by atoms with E-state index in [1.807, 2.05) is 13.8 Å². The number of hydrogen-bond acceptors (Lipinski definition) is 6. The Morgan fingerprint density at radius 1 is 1.38 bits per heavy atom. The number of aromatic nitrogens is 1. The number of nitrogens with zero attached hydrogens (tertiary/aromatic N) is 2. The molecule has 3 N–H and O–H groups in total. The van der Waals surface area contributed by atoms with Gasteiger partial charge in [0.15, 0.2) is 0 Å². The third kappa shape index (κ3) is 4.62. The molecule has 7 nitrogen and oxygen atoms in total. The number of amides is 1. The Morgan fingerprint density at radius 3 is 2.67 bits per heavy atom. The van der Waals surface area contributed by atoms with Crippen LogP contribution in [-0.2, 0) is 9.53 Å². The fraction of sp³-hybridized carbons (Fsp3) is 0.500. The zero-order chi connectivity index (χ0) is 15.8. The van der Waals surface area contributed by atoms with Gasteiger partial charge in [-0.1, -0.05) is 0 Å². The summed E-state index contributed by atoms with van der Waals surface area (Å²) in [7, 11) is 0. The molecule has 0 saturated carbocycles. The second-order valence-corrected chi connectivity index (χ2v) is 4.32.